The Morgan fingerprint density at radius 1 is 1.53 bits per heavy atom. The highest BCUT2D eigenvalue weighted by molar-refractivity contribution is 5.66. The first-order valence-corrected chi connectivity index (χ1v) is 4.51. The van der Waals surface area contributed by atoms with Crippen molar-refractivity contribution in [1.82, 2.24) is 9.13 Å². The molecule has 0 saturated carbocycles. The molecule has 92 valence electrons. The lowest BCUT2D eigenvalue weighted by atomic mass is 10.4. The fourth-order valence-electron chi connectivity index (χ4n) is 1.24. The Labute approximate surface area is 93.7 Å². The number of aromatic nitrogens is 2. The number of carboxylic acid groups (broad SMARTS) is 1. The molecule has 1 N–H and O–H groups in total. The van der Waals surface area contributed by atoms with E-state index in [0.29, 0.717) is 4.57 Å². The largest absolute Gasteiger partial charge is 0.481 e. The molecule has 0 amide bonds. The van der Waals surface area contributed by atoms with Gasteiger partial charge in [-0.05, 0) is 0 Å². The Morgan fingerprint density at radius 2 is 2.12 bits per heavy atom. The monoisotopic (exact) mass is 243 g/mol. The summed E-state index contributed by atoms with van der Waals surface area (Å²) in [7, 11) is 1.24. The maximum Gasteiger partial charge on any atom is 0.350 e. The molecule has 9 heteroatoms. The highest BCUT2D eigenvalue weighted by atomic mass is 16.6. The van der Waals surface area contributed by atoms with Gasteiger partial charge in [0.15, 0.2) is 0 Å². The number of hydrogen-bond donors (Lipinski definition) is 1. The number of nitrogens with zero attached hydrogens (tertiary/aromatic N) is 3. The van der Waals surface area contributed by atoms with Gasteiger partial charge in [0, 0.05) is 13.6 Å². The van der Waals surface area contributed by atoms with E-state index >= 15 is 0 Å². The molecule has 0 aliphatic heterocycles. The van der Waals surface area contributed by atoms with Crippen LogP contribution in [0.1, 0.15) is 6.42 Å². The summed E-state index contributed by atoms with van der Waals surface area (Å²) in [6, 6.07) is 0. The zero-order valence-corrected chi connectivity index (χ0v) is 8.82. The van der Waals surface area contributed by atoms with Gasteiger partial charge in [-0.2, -0.15) is 0 Å². The van der Waals surface area contributed by atoms with Gasteiger partial charge in [-0.25, -0.2) is 4.79 Å². The molecule has 17 heavy (non-hydrogen) atoms. The van der Waals surface area contributed by atoms with Crippen molar-refractivity contribution in [1.29, 1.82) is 0 Å². The molecule has 0 unspecified atom stereocenters. The maximum atomic E-state index is 11.5. The molecule has 9 nitrogen and oxygen atoms in total. The third-order valence-electron chi connectivity index (χ3n) is 2.06. The second kappa shape index (κ2) is 4.60. The van der Waals surface area contributed by atoms with Crippen molar-refractivity contribution >= 4 is 11.7 Å². The summed E-state index contributed by atoms with van der Waals surface area (Å²) in [5.41, 5.74) is -2.65. The quantitative estimate of drug-likeness (QED) is 0.530. The lowest BCUT2D eigenvalue weighted by molar-refractivity contribution is -0.387. The van der Waals surface area contributed by atoms with E-state index in [9.17, 15) is 24.5 Å². The SMILES string of the molecule is Cn1cc([N+](=O)[O-])c(=O)n(CCC(=O)O)c1=O. The molecule has 1 aromatic rings. The van der Waals surface area contributed by atoms with E-state index in [1.165, 1.54) is 7.05 Å². The smallest absolute Gasteiger partial charge is 0.350 e. The molecular formula is C8H9N3O6. The highest BCUT2D eigenvalue weighted by Crippen LogP contribution is 1.99. The second-order valence-corrected chi connectivity index (χ2v) is 3.27. The lowest BCUT2D eigenvalue weighted by Gasteiger charge is -2.04. The molecule has 0 fully saturated rings. The number of aryl methyl sites for hydroxylation is 1. The molecule has 0 radical (unpaired) electrons. The average Bonchev–Trinajstić information content (AvgIpc) is 2.22. The van der Waals surface area contributed by atoms with Gasteiger partial charge in [0.1, 0.15) is 0 Å². The van der Waals surface area contributed by atoms with E-state index in [0.717, 1.165) is 10.8 Å². The van der Waals surface area contributed by atoms with Crippen molar-refractivity contribution in [3.05, 3.63) is 37.1 Å². The summed E-state index contributed by atoms with van der Waals surface area (Å²) in [6.07, 6.45) is 0.345. The minimum atomic E-state index is -1.20. The maximum absolute atomic E-state index is 11.5. The second-order valence-electron chi connectivity index (χ2n) is 3.27. The van der Waals surface area contributed by atoms with E-state index < -0.39 is 40.8 Å². The molecule has 0 bridgehead atoms. The van der Waals surface area contributed by atoms with E-state index in [1.54, 1.807) is 0 Å². The molecule has 0 aliphatic carbocycles. The minimum Gasteiger partial charge on any atom is -0.481 e. The summed E-state index contributed by atoms with van der Waals surface area (Å²) in [6.45, 7) is -0.400. The van der Waals surface area contributed by atoms with Gasteiger partial charge in [-0.3, -0.25) is 28.8 Å². The van der Waals surface area contributed by atoms with Gasteiger partial charge in [0.2, 0.25) is 0 Å². The van der Waals surface area contributed by atoms with Crippen molar-refractivity contribution in [3.8, 4) is 0 Å². The summed E-state index contributed by atoms with van der Waals surface area (Å²) >= 11 is 0. The normalized spacial score (nSPS) is 10.2. The van der Waals surface area contributed by atoms with Crippen LogP contribution in [-0.4, -0.2) is 25.1 Å². The molecule has 1 heterocycles. The lowest BCUT2D eigenvalue weighted by Crippen LogP contribution is -2.39. The number of carbonyl (C=O) groups is 1. The van der Waals surface area contributed by atoms with Gasteiger partial charge in [-0.15, -0.1) is 0 Å². The molecule has 0 aliphatic rings. The van der Waals surface area contributed by atoms with Crippen LogP contribution >= 0.6 is 0 Å². The van der Waals surface area contributed by atoms with Crippen LogP contribution in [0.25, 0.3) is 0 Å². The van der Waals surface area contributed by atoms with Crippen molar-refractivity contribution in [2.24, 2.45) is 7.05 Å². The van der Waals surface area contributed by atoms with Gasteiger partial charge in [0.25, 0.3) is 0 Å². The van der Waals surface area contributed by atoms with Gasteiger partial charge in [-0.1, -0.05) is 0 Å². The molecule has 0 atom stereocenters. The van der Waals surface area contributed by atoms with Crippen LogP contribution in [0.2, 0.25) is 0 Å². The van der Waals surface area contributed by atoms with Crippen LogP contribution in [0.5, 0.6) is 0 Å². The number of nitro groups is 1. The van der Waals surface area contributed by atoms with Crippen molar-refractivity contribution in [3.63, 3.8) is 0 Å². The molecule has 1 aromatic heterocycles. The third kappa shape index (κ3) is 2.56. The topological polar surface area (TPSA) is 124 Å². The molecule has 0 saturated heterocycles. The summed E-state index contributed by atoms with van der Waals surface area (Å²) in [4.78, 5) is 43.0. The first-order chi connectivity index (χ1) is 7.84. The fraction of sp³-hybridized carbons (Fsp3) is 0.375. The van der Waals surface area contributed by atoms with Gasteiger partial charge < -0.3 is 5.11 Å². The van der Waals surface area contributed by atoms with Crippen LogP contribution in [0.4, 0.5) is 5.69 Å². The molecule has 0 aromatic carbocycles. The Balaban J connectivity index is 3.37. The standard InChI is InChI=1S/C8H9N3O6/c1-9-4-5(11(16)17)7(14)10(8(9)15)3-2-6(12)13/h4H,2-3H2,1H3,(H,12,13). The van der Waals surface area contributed by atoms with Crippen LogP contribution in [-0.2, 0) is 18.4 Å². The predicted molar refractivity (Wildman–Crippen MR) is 54.9 cm³/mol. The Hall–Kier alpha value is -2.45. The van der Waals surface area contributed by atoms with Crippen molar-refractivity contribution < 1.29 is 14.8 Å². The summed E-state index contributed by atoms with van der Waals surface area (Å²) < 4.78 is 1.40. The Morgan fingerprint density at radius 3 is 2.59 bits per heavy atom. The zero-order valence-electron chi connectivity index (χ0n) is 8.82. The number of aliphatic carboxylic acids is 1. The fourth-order valence-corrected chi connectivity index (χ4v) is 1.24. The number of rotatable bonds is 4. The van der Waals surface area contributed by atoms with Crippen LogP contribution < -0.4 is 11.2 Å². The molecule has 1 rings (SSSR count). The zero-order chi connectivity index (χ0) is 13.2. The van der Waals surface area contributed by atoms with Crippen LogP contribution in [0.15, 0.2) is 15.8 Å². The Kier molecular flexibility index (Phi) is 3.41. The molecule has 0 spiro atoms. The first-order valence-electron chi connectivity index (χ1n) is 4.51. The van der Waals surface area contributed by atoms with E-state index in [-0.39, 0.29) is 0 Å². The molecular weight excluding hydrogens is 234 g/mol. The Bertz CT molecular complexity index is 584. The van der Waals surface area contributed by atoms with Crippen molar-refractivity contribution in [2.45, 2.75) is 13.0 Å². The highest BCUT2D eigenvalue weighted by Gasteiger charge is 2.18. The third-order valence-corrected chi connectivity index (χ3v) is 2.06. The van der Waals surface area contributed by atoms with Gasteiger partial charge >= 0.3 is 22.9 Å². The summed E-state index contributed by atoms with van der Waals surface area (Å²) in [5, 5.41) is 19.0. The number of carboxylic acids is 1. The van der Waals surface area contributed by atoms with Crippen molar-refractivity contribution in [2.75, 3.05) is 0 Å². The van der Waals surface area contributed by atoms with E-state index in [2.05, 4.69) is 0 Å². The van der Waals surface area contributed by atoms with Crippen LogP contribution in [0, 0.1) is 10.1 Å². The van der Waals surface area contributed by atoms with Crippen LogP contribution in [0.3, 0.4) is 0 Å². The minimum absolute atomic E-state index is 0.400. The first kappa shape index (κ1) is 12.6. The average molecular weight is 243 g/mol. The van der Waals surface area contributed by atoms with E-state index in [1.807, 2.05) is 0 Å². The number of hydrogen-bond acceptors (Lipinski definition) is 5. The predicted octanol–water partition coefficient (Wildman–Crippen LogP) is -1.07. The van der Waals surface area contributed by atoms with Gasteiger partial charge in [0.05, 0.1) is 17.5 Å². The summed E-state index contributed by atoms with van der Waals surface area (Å²) in [5.74, 6) is -1.20. The van der Waals surface area contributed by atoms with E-state index in [4.69, 9.17) is 5.11 Å².